The quantitative estimate of drug-likeness (QED) is 0.193. The summed E-state index contributed by atoms with van der Waals surface area (Å²) < 4.78 is 4.30. The Labute approximate surface area is 163 Å². The molecule has 3 aromatic rings. The number of phenolic OH excluding ortho intramolecular Hbond substituents is 2. The van der Waals surface area contributed by atoms with Gasteiger partial charge in [0.2, 0.25) is 0 Å². The van der Waals surface area contributed by atoms with E-state index >= 15 is 0 Å². The number of hydrogen-bond donors (Lipinski definition) is 4. The van der Waals surface area contributed by atoms with Gasteiger partial charge >= 0.3 is 0 Å². The molecule has 1 heterocycles. The van der Waals surface area contributed by atoms with Gasteiger partial charge in [0.1, 0.15) is 11.5 Å². The third-order valence-corrected chi connectivity index (χ3v) is 4.62. The highest BCUT2D eigenvalue weighted by atomic mass is 127. The van der Waals surface area contributed by atoms with Crippen LogP contribution in [0.4, 0.5) is 0 Å². The first kappa shape index (κ1) is 18.5. The van der Waals surface area contributed by atoms with E-state index in [-0.39, 0.29) is 17.2 Å². The van der Waals surface area contributed by atoms with Gasteiger partial charge in [-0.3, -0.25) is 0 Å². The van der Waals surface area contributed by atoms with Crippen LogP contribution >= 0.6 is 22.6 Å². The van der Waals surface area contributed by atoms with E-state index in [9.17, 15) is 20.4 Å². The number of rotatable bonds is 5. The number of aliphatic hydroxyl groups is 1. The molecule has 1 unspecified atom stereocenters. The second-order valence-electron chi connectivity index (χ2n) is 5.95. The molecule has 0 aliphatic rings. The zero-order chi connectivity index (χ0) is 18.9. The van der Waals surface area contributed by atoms with Gasteiger partial charge in [-0.15, -0.1) is 0 Å². The van der Waals surface area contributed by atoms with Crippen LogP contribution in [0.25, 0.3) is 22.2 Å². The Balaban J connectivity index is 2.04. The predicted molar refractivity (Wildman–Crippen MR) is 107 cm³/mol. The van der Waals surface area contributed by atoms with E-state index in [1.165, 1.54) is 18.2 Å². The van der Waals surface area contributed by atoms with Gasteiger partial charge in [-0.25, -0.2) is 4.98 Å². The molecule has 4 N–H and O–H groups in total. The molecule has 0 radical (unpaired) electrons. The minimum Gasteiger partial charge on any atom is -0.507 e. The van der Waals surface area contributed by atoms with E-state index in [4.69, 9.17) is 4.74 Å². The molecule has 0 aliphatic heterocycles. The molecule has 0 fully saturated rings. The highest BCUT2D eigenvalue weighted by Gasteiger charge is 2.23. The van der Waals surface area contributed by atoms with Crippen molar-refractivity contribution in [2.75, 3.05) is 0 Å². The number of hydrogen-bond acceptors (Lipinski definition) is 6. The maximum absolute atomic E-state index is 10.3. The predicted octanol–water partition coefficient (Wildman–Crippen LogP) is 4.28. The molecule has 1 aromatic heterocycles. The normalized spacial score (nSPS) is 13.5. The summed E-state index contributed by atoms with van der Waals surface area (Å²) in [5.74, 6) is -0.0370. The maximum atomic E-state index is 10.3. The molecule has 0 amide bonds. The minimum atomic E-state index is -1.32. The second-order valence-corrected chi connectivity index (χ2v) is 7.64. The lowest BCUT2D eigenvalue weighted by molar-refractivity contribution is -0.0412. The van der Waals surface area contributed by atoms with E-state index < -0.39 is 3.79 Å². The van der Waals surface area contributed by atoms with Gasteiger partial charge in [-0.1, -0.05) is 6.92 Å². The van der Waals surface area contributed by atoms with E-state index in [0.29, 0.717) is 34.3 Å². The molecule has 0 aliphatic carbocycles. The van der Waals surface area contributed by atoms with Gasteiger partial charge in [0.05, 0.1) is 11.2 Å². The topological polar surface area (TPSA) is 103 Å². The number of nitrogens with zero attached hydrogens (tertiary/aromatic N) is 1. The number of aromatic hydroxyl groups is 3. The maximum Gasteiger partial charge on any atom is 0.260 e. The van der Waals surface area contributed by atoms with Gasteiger partial charge in [0.15, 0.2) is 11.5 Å². The Hall–Kier alpha value is -2.26. The summed E-state index contributed by atoms with van der Waals surface area (Å²) in [6.07, 6.45) is 1.23. The number of pyridine rings is 1. The van der Waals surface area contributed by atoms with Gasteiger partial charge in [0, 0.05) is 52.1 Å². The van der Waals surface area contributed by atoms with Crippen molar-refractivity contribution < 1.29 is 25.2 Å². The summed E-state index contributed by atoms with van der Waals surface area (Å²) in [7, 11) is 0. The molecular weight excluding hydrogens is 449 g/mol. The number of ether oxygens (including phenoxy) is 1. The number of alkyl halides is 1. The van der Waals surface area contributed by atoms with Crippen molar-refractivity contribution in [1.29, 1.82) is 0 Å². The smallest absolute Gasteiger partial charge is 0.260 e. The van der Waals surface area contributed by atoms with Crippen LogP contribution in [0.3, 0.4) is 0 Å². The highest BCUT2D eigenvalue weighted by molar-refractivity contribution is 14.1. The molecule has 3 rings (SSSR count). The van der Waals surface area contributed by atoms with Crippen LogP contribution in [0.15, 0.2) is 42.5 Å². The number of benzene rings is 2. The van der Waals surface area contributed by atoms with Gasteiger partial charge < -0.3 is 25.2 Å². The zero-order valence-electron chi connectivity index (χ0n) is 14.0. The van der Waals surface area contributed by atoms with Crippen LogP contribution in [0, 0.1) is 0 Å². The van der Waals surface area contributed by atoms with Crippen LogP contribution < -0.4 is 4.74 Å². The lowest BCUT2D eigenvalue weighted by Gasteiger charge is -2.22. The monoisotopic (exact) mass is 467 g/mol. The first-order chi connectivity index (χ1) is 12.3. The van der Waals surface area contributed by atoms with E-state index in [2.05, 4.69) is 4.98 Å². The fourth-order valence-corrected chi connectivity index (χ4v) is 3.42. The lowest BCUT2D eigenvalue weighted by Crippen LogP contribution is -2.27. The average molecular weight is 467 g/mol. The first-order valence-corrected chi connectivity index (χ1v) is 9.13. The SMILES string of the molecule is CCCC(O)(I)Oc1ccc2c(O)cc(-c3ccc(O)c(O)c3)nc2c1. The Kier molecular flexibility index (Phi) is 5.10. The largest absolute Gasteiger partial charge is 0.507 e. The second kappa shape index (κ2) is 7.16. The van der Waals surface area contributed by atoms with Crippen molar-refractivity contribution in [3.05, 3.63) is 42.5 Å². The Morgan fingerprint density at radius 2 is 1.77 bits per heavy atom. The number of aromatic nitrogens is 1. The Morgan fingerprint density at radius 1 is 1.00 bits per heavy atom. The molecule has 7 heteroatoms. The fourth-order valence-electron chi connectivity index (χ4n) is 2.62. The van der Waals surface area contributed by atoms with Crippen molar-refractivity contribution in [3.63, 3.8) is 0 Å². The molecular formula is C19H18INO5. The van der Waals surface area contributed by atoms with E-state index in [1.807, 2.05) is 29.5 Å². The molecule has 26 heavy (non-hydrogen) atoms. The lowest BCUT2D eigenvalue weighted by atomic mass is 10.1. The van der Waals surface area contributed by atoms with Gasteiger partial charge in [0.25, 0.3) is 3.79 Å². The standard InChI is InChI=1S/C19H18INO5/c1-2-7-19(20,25)26-12-4-5-13-15(9-12)21-14(10-17(13)23)11-3-6-16(22)18(24)8-11/h3-6,8-10,22,24-25H,2,7H2,1H3,(H,21,23). The molecule has 0 spiro atoms. The van der Waals surface area contributed by atoms with Gasteiger partial charge in [-0.05, 0) is 36.8 Å². The first-order valence-electron chi connectivity index (χ1n) is 8.05. The van der Waals surface area contributed by atoms with Crippen LogP contribution in [-0.2, 0) is 0 Å². The zero-order valence-corrected chi connectivity index (χ0v) is 16.1. The van der Waals surface area contributed by atoms with Crippen LogP contribution in [0.5, 0.6) is 23.0 Å². The molecule has 0 saturated carbocycles. The summed E-state index contributed by atoms with van der Waals surface area (Å²) in [5.41, 5.74) is 1.45. The van der Waals surface area contributed by atoms with Crippen molar-refractivity contribution in [2.24, 2.45) is 0 Å². The molecule has 2 aromatic carbocycles. The summed E-state index contributed by atoms with van der Waals surface area (Å²) >= 11 is 1.84. The highest BCUT2D eigenvalue weighted by Crippen LogP contribution is 2.35. The summed E-state index contributed by atoms with van der Waals surface area (Å²) in [6, 6.07) is 10.8. The fraction of sp³-hybridized carbons (Fsp3) is 0.211. The van der Waals surface area contributed by atoms with Crippen molar-refractivity contribution in [2.45, 2.75) is 23.6 Å². The van der Waals surface area contributed by atoms with E-state index in [0.717, 1.165) is 6.42 Å². The molecule has 1 atom stereocenters. The van der Waals surface area contributed by atoms with Gasteiger partial charge in [-0.2, -0.15) is 0 Å². The van der Waals surface area contributed by atoms with Crippen LogP contribution in [0.1, 0.15) is 19.8 Å². The molecule has 136 valence electrons. The molecule has 0 saturated heterocycles. The van der Waals surface area contributed by atoms with Crippen LogP contribution in [-0.4, -0.2) is 29.2 Å². The number of halogens is 1. The summed E-state index contributed by atoms with van der Waals surface area (Å²) in [5, 5.41) is 40.2. The van der Waals surface area contributed by atoms with Crippen molar-refractivity contribution >= 4 is 33.5 Å². The summed E-state index contributed by atoms with van der Waals surface area (Å²) in [6.45, 7) is 1.95. The Morgan fingerprint density at radius 3 is 2.46 bits per heavy atom. The third kappa shape index (κ3) is 3.94. The van der Waals surface area contributed by atoms with Crippen molar-refractivity contribution in [1.82, 2.24) is 4.98 Å². The Bertz CT molecular complexity index is 958. The minimum absolute atomic E-state index is 0.0300. The third-order valence-electron chi connectivity index (χ3n) is 3.86. The summed E-state index contributed by atoms with van der Waals surface area (Å²) in [4.78, 5) is 4.50. The average Bonchev–Trinajstić information content (AvgIpc) is 2.56. The number of fused-ring (bicyclic) bond motifs is 1. The van der Waals surface area contributed by atoms with Crippen molar-refractivity contribution in [3.8, 4) is 34.3 Å². The number of phenols is 2. The molecule has 0 bridgehead atoms. The molecule has 6 nitrogen and oxygen atoms in total. The van der Waals surface area contributed by atoms with E-state index in [1.54, 1.807) is 24.3 Å². The van der Waals surface area contributed by atoms with Crippen LogP contribution in [0.2, 0.25) is 0 Å².